The first-order valence-electron chi connectivity index (χ1n) is 8.13. The van der Waals surface area contributed by atoms with Gasteiger partial charge < -0.3 is 5.32 Å². The topological polar surface area (TPSA) is 59.8 Å². The molecule has 0 spiro atoms. The maximum atomic E-state index is 13.5. The number of nitrogens with one attached hydrogen (secondary N) is 1. The molecule has 0 bridgehead atoms. The third-order valence-corrected chi connectivity index (χ3v) is 4.85. The number of aryl methyl sites for hydroxylation is 2. The summed E-state index contributed by atoms with van der Waals surface area (Å²) < 4.78 is 28.6. The molecule has 0 aromatic carbocycles. The molecule has 1 N–H and O–H groups in total. The van der Waals surface area contributed by atoms with Gasteiger partial charge in [-0.1, -0.05) is 24.4 Å². The number of aromatic nitrogens is 3. The van der Waals surface area contributed by atoms with Crippen molar-refractivity contribution in [1.82, 2.24) is 20.1 Å². The minimum absolute atomic E-state index is 0.0707. The number of rotatable bonds is 4. The normalized spacial score (nSPS) is 16.4. The summed E-state index contributed by atoms with van der Waals surface area (Å²) in [5.74, 6) is -0.270. The number of nitrogens with zero attached hydrogens (tertiary/aromatic N) is 3. The number of hydrogen-bond donors (Lipinski definition) is 1. The molecule has 2 aromatic heterocycles. The molecule has 134 valence electrons. The lowest BCUT2D eigenvalue weighted by Crippen LogP contribution is -2.52. The van der Waals surface area contributed by atoms with Gasteiger partial charge in [0, 0.05) is 5.69 Å². The van der Waals surface area contributed by atoms with E-state index in [4.69, 9.17) is 11.6 Å². The molecule has 0 atom stereocenters. The lowest BCUT2D eigenvalue weighted by atomic mass is 9.98. The Kier molecular flexibility index (Phi) is 4.77. The summed E-state index contributed by atoms with van der Waals surface area (Å²) in [7, 11) is 0. The van der Waals surface area contributed by atoms with Crippen molar-refractivity contribution in [1.29, 1.82) is 0 Å². The molecule has 0 saturated heterocycles. The maximum absolute atomic E-state index is 13.5. The van der Waals surface area contributed by atoms with E-state index in [1.165, 1.54) is 6.07 Å². The average Bonchev–Trinajstić information content (AvgIpc) is 3.15. The number of carbonyl (C=O) groups excluding carboxylic acids is 1. The van der Waals surface area contributed by atoms with Crippen LogP contribution in [0.5, 0.6) is 0 Å². The zero-order valence-corrected chi connectivity index (χ0v) is 14.8. The molecular weight excluding hydrogens is 350 g/mol. The highest BCUT2D eigenvalue weighted by Gasteiger charge is 2.44. The van der Waals surface area contributed by atoms with Gasteiger partial charge in [-0.3, -0.25) is 4.79 Å². The third-order valence-electron chi connectivity index (χ3n) is 4.55. The molecule has 1 saturated carbocycles. The second-order valence-corrected chi connectivity index (χ2v) is 6.86. The predicted molar refractivity (Wildman–Crippen MR) is 90.5 cm³/mol. The average molecular weight is 369 g/mol. The van der Waals surface area contributed by atoms with E-state index in [2.05, 4.69) is 15.4 Å². The van der Waals surface area contributed by atoms with Crippen LogP contribution in [0, 0.1) is 13.8 Å². The Labute approximate surface area is 149 Å². The Balaban J connectivity index is 1.92. The second-order valence-electron chi connectivity index (χ2n) is 6.46. The maximum Gasteiger partial charge on any atom is 0.272 e. The van der Waals surface area contributed by atoms with Crippen molar-refractivity contribution in [2.75, 3.05) is 0 Å². The fraction of sp³-hybridized carbons (Fsp3) is 0.471. The highest BCUT2D eigenvalue weighted by atomic mass is 35.5. The molecule has 2 aromatic rings. The summed E-state index contributed by atoms with van der Waals surface area (Å²) in [4.78, 5) is 16.8. The van der Waals surface area contributed by atoms with Crippen LogP contribution >= 0.6 is 11.6 Å². The van der Waals surface area contributed by atoms with E-state index in [1.807, 2.05) is 19.9 Å². The van der Waals surface area contributed by atoms with Gasteiger partial charge in [0.2, 0.25) is 0 Å². The number of hydrogen-bond acceptors (Lipinski definition) is 3. The van der Waals surface area contributed by atoms with Crippen molar-refractivity contribution in [3.8, 4) is 5.82 Å². The monoisotopic (exact) mass is 368 g/mol. The van der Waals surface area contributed by atoms with Gasteiger partial charge in [0.15, 0.2) is 5.82 Å². The summed E-state index contributed by atoms with van der Waals surface area (Å²) in [5, 5.41) is 6.91. The minimum Gasteiger partial charge on any atom is -0.339 e. The Morgan fingerprint density at radius 2 is 2.00 bits per heavy atom. The smallest absolute Gasteiger partial charge is 0.272 e. The Morgan fingerprint density at radius 1 is 1.32 bits per heavy atom. The molecule has 8 heteroatoms. The quantitative estimate of drug-likeness (QED) is 0.891. The molecule has 1 fully saturated rings. The Morgan fingerprint density at radius 3 is 2.56 bits per heavy atom. The van der Waals surface area contributed by atoms with Gasteiger partial charge in [0.05, 0.1) is 10.7 Å². The number of amides is 1. The molecule has 1 aliphatic carbocycles. The lowest BCUT2D eigenvalue weighted by molar-refractivity contribution is 0.0303. The summed E-state index contributed by atoms with van der Waals surface area (Å²) in [6.45, 7) is 3.71. The molecule has 1 amide bonds. The zero-order valence-electron chi connectivity index (χ0n) is 14.0. The number of pyridine rings is 1. The van der Waals surface area contributed by atoms with E-state index in [1.54, 1.807) is 10.7 Å². The second kappa shape index (κ2) is 6.71. The molecule has 3 rings (SSSR count). The van der Waals surface area contributed by atoms with Crippen LogP contribution in [-0.4, -0.2) is 32.6 Å². The highest BCUT2D eigenvalue weighted by molar-refractivity contribution is 6.33. The van der Waals surface area contributed by atoms with E-state index in [-0.39, 0.29) is 23.6 Å². The van der Waals surface area contributed by atoms with Crippen LogP contribution in [0.3, 0.4) is 0 Å². The molecule has 2 heterocycles. The van der Waals surface area contributed by atoms with Crippen LogP contribution in [-0.2, 0) is 0 Å². The van der Waals surface area contributed by atoms with Gasteiger partial charge in [0.1, 0.15) is 11.2 Å². The fourth-order valence-electron chi connectivity index (χ4n) is 3.26. The summed E-state index contributed by atoms with van der Waals surface area (Å²) in [6, 6.07) is 5.04. The summed E-state index contributed by atoms with van der Waals surface area (Å²) in [6.07, 6.45) is -0.789. The van der Waals surface area contributed by atoms with E-state index < -0.39 is 17.9 Å². The molecule has 0 aliphatic heterocycles. The van der Waals surface area contributed by atoms with E-state index in [9.17, 15) is 13.6 Å². The first-order valence-corrected chi connectivity index (χ1v) is 8.51. The van der Waals surface area contributed by atoms with Crippen LogP contribution in [0.1, 0.15) is 47.6 Å². The van der Waals surface area contributed by atoms with E-state index >= 15 is 0 Å². The van der Waals surface area contributed by atoms with Crippen molar-refractivity contribution in [2.24, 2.45) is 0 Å². The van der Waals surface area contributed by atoms with Crippen LogP contribution in [0.2, 0.25) is 5.02 Å². The molecule has 0 radical (unpaired) electrons. The minimum atomic E-state index is -2.63. The van der Waals surface area contributed by atoms with Crippen molar-refractivity contribution in [2.45, 2.75) is 51.5 Å². The standard InChI is InChI=1S/C17H19ClF2N4O/c1-10-9-11(2)24(23-10)13-6-5-12(18)14(21-13)15(25)22-17(16(19)20)7-3-4-8-17/h5-6,9,16H,3-4,7-8H2,1-2H3,(H,22,25). The van der Waals surface area contributed by atoms with Crippen molar-refractivity contribution in [3.05, 3.63) is 40.3 Å². The van der Waals surface area contributed by atoms with Gasteiger partial charge in [-0.05, 0) is 44.9 Å². The third kappa shape index (κ3) is 3.38. The van der Waals surface area contributed by atoms with Gasteiger partial charge in [-0.2, -0.15) is 5.10 Å². The molecule has 5 nitrogen and oxygen atoms in total. The first kappa shape index (κ1) is 17.8. The Hall–Kier alpha value is -2.02. The highest BCUT2D eigenvalue weighted by Crippen LogP contribution is 2.35. The van der Waals surface area contributed by atoms with Crippen LogP contribution < -0.4 is 5.32 Å². The fourth-order valence-corrected chi connectivity index (χ4v) is 3.45. The number of alkyl halides is 2. The molecule has 25 heavy (non-hydrogen) atoms. The number of carbonyl (C=O) groups is 1. The van der Waals surface area contributed by atoms with Gasteiger partial charge >= 0.3 is 0 Å². The van der Waals surface area contributed by atoms with Crippen LogP contribution in [0.25, 0.3) is 5.82 Å². The van der Waals surface area contributed by atoms with Gasteiger partial charge in [-0.25, -0.2) is 18.4 Å². The SMILES string of the molecule is Cc1cc(C)n(-c2ccc(Cl)c(C(=O)NC3(C(F)F)CCCC3)n2)n1. The lowest BCUT2D eigenvalue weighted by Gasteiger charge is -2.29. The van der Waals surface area contributed by atoms with Crippen LogP contribution in [0.15, 0.2) is 18.2 Å². The van der Waals surface area contributed by atoms with Crippen LogP contribution in [0.4, 0.5) is 8.78 Å². The van der Waals surface area contributed by atoms with E-state index in [0.29, 0.717) is 18.7 Å². The largest absolute Gasteiger partial charge is 0.339 e. The predicted octanol–water partition coefficient (Wildman–Crippen LogP) is 3.85. The summed E-state index contributed by atoms with van der Waals surface area (Å²) >= 11 is 6.09. The van der Waals surface area contributed by atoms with Crippen molar-refractivity contribution < 1.29 is 13.6 Å². The van der Waals surface area contributed by atoms with Gasteiger partial charge in [-0.15, -0.1) is 0 Å². The Bertz CT molecular complexity index is 800. The molecular formula is C17H19ClF2N4O. The van der Waals surface area contributed by atoms with Gasteiger partial charge in [0.25, 0.3) is 12.3 Å². The molecule has 1 aliphatic rings. The summed E-state index contributed by atoms with van der Waals surface area (Å²) in [5.41, 5.74) is 0.0936. The van der Waals surface area contributed by atoms with E-state index in [0.717, 1.165) is 11.4 Å². The zero-order chi connectivity index (χ0) is 18.2. The van der Waals surface area contributed by atoms with Crippen molar-refractivity contribution in [3.63, 3.8) is 0 Å². The molecule has 0 unspecified atom stereocenters. The first-order chi connectivity index (χ1) is 11.8. The van der Waals surface area contributed by atoms with Crippen molar-refractivity contribution >= 4 is 17.5 Å². The number of halogens is 3.